The van der Waals surface area contributed by atoms with Crippen molar-refractivity contribution in [2.45, 2.75) is 25.8 Å². The van der Waals surface area contributed by atoms with Gasteiger partial charge in [0.2, 0.25) is 0 Å². The standard InChI is InChI=1S/C13H18ClFN2/c1-2-6-16-11-5-7-17(9-11)13-4-3-10(14)8-12(13)15/h3-4,8,11,16H,2,5-7,9H2,1H3. The molecule has 1 aromatic rings. The zero-order chi connectivity index (χ0) is 12.3. The molecule has 2 nitrogen and oxygen atoms in total. The Labute approximate surface area is 107 Å². The van der Waals surface area contributed by atoms with E-state index in [0.717, 1.165) is 32.5 Å². The predicted molar refractivity (Wildman–Crippen MR) is 70.3 cm³/mol. The SMILES string of the molecule is CCCNC1CCN(c2ccc(Cl)cc2F)C1. The smallest absolute Gasteiger partial charge is 0.147 e. The van der Waals surface area contributed by atoms with Crippen LogP contribution in [0.25, 0.3) is 0 Å². The third kappa shape index (κ3) is 3.11. The predicted octanol–water partition coefficient (Wildman–Crippen LogP) is 3.06. The molecule has 0 radical (unpaired) electrons. The Hall–Kier alpha value is -0.800. The summed E-state index contributed by atoms with van der Waals surface area (Å²) in [7, 11) is 0. The summed E-state index contributed by atoms with van der Waals surface area (Å²) in [5.74, 6) is -0.228. The highest BCUT2D eigenvalue weighted by Crippen LogP contribution is 2.26. The fraction of sp³-hybridized carbons (Fsp3) is 0.538. The van der Waals surface area contributed by atoms with Gasteiger partial charge in [-0.3, -0.25) is 0 Å². The maximum atomic E-state index is 13.7. The molecule has 17 heavy (non-hydrogen) atoms. The number of benzene rings is 1. The van der Waals surface area contributed by atoms with Crippen LogP contribution in [0.15, 0.2) is 18.2 Å². The van der Waals surface area contributed by atoms with Gasteiger partial charge in [0, 0.05) is 24.2 Å². The normalized spacial score (nSPS) is 19.9. The third-order valence-corrected chi connectivity index (χ3v) is 3.36. The quantitative estimate of drug-likeness (QED) is 0.891. The number of hydrogen-bond acceptors (Lipinski definition) is 2. The third-order valence-electron chi connectivity index (χ3n) is 3.12. The summed E-state index contributed by atoms with van der Waals surface area (Å²) in [5.41, 5.74) is 0.662. The van der Waals surface area contributed by atoms with Crippen molar-refractivity contribution in [2.75, 3.05) is 24.5 Å². The molecule has 1 atom stereocenters. The Morgan fingerprint density at radius 3 is 3.06 bits per heavy atom. The van der Waals surface area contributed by atoms with Crippen molar-refractivity contribution < 1.29 is 4.39 Å². The molecule has 0 aliphatic carbocycles. The van der Waals surface area contributed by atoms with E-state index in [4.69, 9.17) is 11.6 Å². The van der Waals surface area contributed by atoms with Crippen LogP contribution in [0.5, 0.6) is 0 Å². The summed E-state index contributed by atoms with van der Waals surface area (Å²) >= 11 is 5.75. The van der Waals surface area contributed by atoms with E-state index in [9.17, 15) is 4.39 Å². The Bertz CT molecular complexity index is 384. The molecule has 1 heterocycles. The summed E-state index contributed by atoms with van der Waals surface area (Å²) in [4.78, 5) is 2.08. The van der Waals surface area contributed by atoms with Crippen LogP contribution in [0.2, 0.25) is 5.02 Å². The second-order valence-electron chi connectivity index (χ2n) is 4.48. The van der Waals surface area contributed by atoms with Gasteiger partial charge in [0.1, 0.15) is 5.82 Å². The number of halogens is 2. The zero-order valence-electron chi connectivity index (χ0n) is 10.0. The van der Waals surface area contributed by atoms with Gasteiger partial charge in [-0.25, -0.2) is 4.39 Å². The van der Waals surface area contributed by atoms with Gasteiger partial charge in [-0.2, -0.15) is 0 Å². The average Bonchev–Trinajstić information content (AvgIpc) is 2.75. The van der Waals surface area contributed by atoms with E-state index >= 15 is 0 Å². The number of anilines is 1. The Morgan fingerprint density at radius 1 is 1.53 bits per heavy atom. The molecule has 1 aromatic carbocycles. The zero-order valence-corrected chi connectivity index (χ0v) is 10.8. The van der Waals surface area contributed by atoms with Crippen molar-refractivity contribution in [2.24, 2.45) is 0 Å². The molecule has 0 bridgehead atoms. The highest BCUT2D eigenvalue weighted by atomic mass is 35.5. The van der Waals surface area contributed by atoms with Gasteiger partial charge in [0.05, 0.1) is 5.69 Å². The second kappa shape index (κ2) is 5.69. The first-order valence-electron chi connectivity index (χ1n) is 6.14. The van der Waals surface area contributed by atoms with Crippen LogP contribution in [-0.4, -0.2) is 25.7 Å². The first-order valence-corrected chi connectivity index (χ1v) is 6.52. The molecule has 2 rings (SSSR count). The Balaban J connectivity index is 2.00. The van der Waals surface area contributed by atoms with Gasteiger partial charge in [0.25, 0.3) is 0 Å². The maximum absolute atomic E-state index is 13.7. The monoisotopic (exact) mass is 256 g/mol. The van der Waals surface area contributed by atoms with Crippen LogP contribution in [0, 0.1) is 5.82 Å². The van der Waals surface area contributed by atoms with Crippen molar-refractivity contribution in [3.63, 3.8) is 0 Å². The van der Waals surface area contributed by atoms with E-state index in [0.29, 0.717) is 16.8 Å². The lowest BCUT2D eigenvalue weighted by Gasteiger charge is -2.19. The van der Waals surface area contributed by atoms with Gasteiger partial charge in [0.15, 0.2) is 0 Å². The van der Waals surface area contributed by atoms with Crippen LogP contribution in [0.3, 0.4) is 0 Å². The number of nitrogens with one attached hydrogen (secondary N) is 1. The van der Waals surface area contributed by atoms with Gasteiger partial charge < -0.3 is 10.2 Å². The summed E-state index contributed by atoms with van der Waals surface area (Å²) in [6.07, 6.45) is 2.20. The van der Waals surface area contributed by atoms with Gasteiger partial charge >= 0.3 is 0 Å². The molecule has 0 spiro atoms. The summed E-state index contributed by atoms with van der Waals surface area (Å²) in [6.45, 7) is 4.96. The van der Waals surface area contributed by atoms with Crippen molar-refractivity contribution in [1.82, 2.24) is 5.32 Å². The molecule has 1 aliphatic heterocycles. The minimum atomic E-state index is -0.228. The fourth-order valence-corrected chi connectivity index (χ4v) is 2.39. The molecular weight excluding hydrogens is 239 g/mol. The molecule has 1 fully saturated rings. The lowest BCUT2D eigenvalue weighted by Crippen LogP contribution is -2.33. The molecule has 1 aliphatic rings. The molecule has 0 amide bonds. The van der Waals surface area contributed by atoms with E-state index in [1.54, 1.807) is 12.1 Å². The largest absolute Gasteiger partial charge is 0.368 e. The van der Waals surface area contributed by atoms with Crippen LogP contribution < -0.4 is 10.2 Å². The van der Waals surface area contributed by atoms with Crippen LogP contribution in [0.4, 0.5) is 10.1 Å². The van der Waals surface area contributed by atoms with E-state index in [2.05, 4.69) is 17.1 Å². The summed E-state index contributed by atoms with van der Waals surface area (Å²) in [6, 6.07) is 5.36. The average molecular weight is 257 g/mol. The van der Waals surface area contributed by atoms with Crippen molar-refractivity contribution in [3.8, 4) is 0 Å². The van der Waals surface area contributed by atoms with Crippen LogP contribution >= 0.6 is 11.6 Å². The van der Waals surface area contributed by atoms with Crippen molar-refractivity contribution in [3.05, 3.63) is 29.0 Å². The minimum absolute atomic E-state index is 0.228. The first kappa shape index (κ1) is 12.7. The topological polar surface area (TPSA) is 15.3 Å². The molecule has 1 N–H and O–H groups in total. The molecule has 0 saturated carbocycles. The van der Waals surface area contributed by atoms with Crippen molar-refractivity contribution in [1.29, 1.82) is 0 Å². The summed E-state index contributed by atoms with van der Waals surface area (Å²) < 4.78 is 13.7. The molecule has 1 unspecified atom stereocenters. The first-order chi connectivity index (χ1) is 8.20. The van der Waals surface area contributed by atoms with Crippen LogP contribution in [0.1, 0.15) is 19.8 Å². The van der Waals surface area contributed by atoms with E-state index in [1.165, 1.54) is 6.07 Å². The molecule has 1 saturated heterocycles. The van der Waals surface area contributed by atoms with Crippen LogP contribution in [-0.2, 0) is 0 Å². The molecular formula is C13H18ClFN2. The number of nitrogens with zero attached hydrogens (tertiary/aromatic N) is 1. The minimum Gasteiger partial charge on any atom is -0.368 e. The second-order valence-corrected chi connectivity index (χ2v) is 4.92. The van der Waals surface area contributed by atoms with E-state index in [1.807, 2.05) is 0 Å². The highest BCUT2D eigenvalue weighted by Gasteiger charge is 2.23. The molecule has 0 aromatic heterocycles. The van der Waals surface area contributed by atoms with Gasteiger partial charge in [-0.15, -0.1) is 0 Å². The molecule has 94 valence electrons. The molecule has 4 heteroatoms. The number of rotatable bonds is 4. The lowest BCUT2D eigenvalue weighted by atomic mass is 10.2. The Kier molecular flexibility index (Phi) is 4.24. The highest BCUT2D eigenvalue weighted by molar-refractivity contribution is 6.30. The summed E-state index contributed by atoms with van der Waals surface area (Å²) in [5, 5.41) is 3.92. The fourth-order valence-electron chi connectivity index (χ4n) is 2.23. The van der Waals surface area contributed by atoms with E-state index in [-0.39, 0.29) is 5.82 Å². The Morgan fingerprint density at radius 2 is 2.35 bits per heavy atom. The van der Waals surface area contributed by atoms with Gasteiger partial charge in [-0.1, -0.05) is 18.5 Å². The van der Waals surface area contributed by atoms with E-state index < -0.39 is 0 Å². The number of hydrogen-bond donors (Lipinski definition) is 1. The maximum Gasteiger partial charge on any atom is 0.147 e. The van der Waals surface area contributed by atoms with Gasteiger partial charge in [-0.05, 0) is 37.6 Å². The lowest BCUT2D eigenvalue weighted by molar-refractivity contribution is 0.548. The van der Waals surface area contributed by atoms with Crippen molar-refractivity contribution >= 4 is 17.3 Å².